The predicted molar refractivity (Wildman–Crippen MR) is 182 cm³/mol. The SMILES string of the molecule is CO[C@H]1/C=C\C=C(/C)C(=O)NC2=CC(=O)C(NC3CCN(S(C)(=O)=O)CC3)=C(C[C@@H](C)C[C@H](OC)[C@H](O)[C@@H](C)/C=C(\C)[C@@H]1OC(N)=O)C2=O. The minimum absolute atomic E-state index is 0.112. The monoisotopic (exact) mass is 706 g/mol. The summed E-state index contributed by atoms with van der Waals surface area (Å²) in [6, 6.07) is -0.256. The average Bonchev–Trinajstić information content (AvgIpc) is 3.03. The van der Waals surface area contributed by atoms with Crippen LogP contribution < -0.4 is 16.4 Å². The fourth-order valence-electron chi connectivity index (χ4n) is 6.28. The van der Waals surface area contributed by atoms with Gasteiger partial charge in [-0.1, -0.05) is 38.2 Å². The van der Waals surface area contributed by atoms with Crippen molar-refractivity contribution in [2.75, 3.05) is 33.6 Å². The summed E-state index contributed by atoms with van der Waals surface area (Å²) in [5, 5.41) is 17.2. The first-order chi connectivity index (χ1) is 23.0. The van der Waals surface area contributed by atoms with Crippen LogP contribution in [0.1, 0.15) is 53.4 Å². The van der Waals surface area contributed by atoms with Crippen molar-refractivity contribution in [2.45, 2.75) is 83.8 Å². The van der Waals surface area contributed by atoms with Gasteiger partial charge in [-0.3, -0.25) is 14.4 Å². The summed E-state index contributed by atoms with van der Waals surface area (Å²) >= 11 is 0. The van der Waals surface area contributed by atoms with Gasteiger partial charge in [0.25, 0.3) is 5.91 Å². The van der Waals surface area contributed by atoms with Crippen molar-refractivity contribution in [2.24, 2.45) is 17.6 Å². The van der Waals surface area contributed by atoms with Crippen LogP contribution in [0, 0.1) is 11.8 Å². The second kappa shape index (κ2) is 17.3. The lowest BCUT2D eigenvalue weighted by Crippen LogP contribution is -2.46. The normalized spacial score (nSPS) is 31.9. The van der Waals surface area contributed by atoms with Crippen molar-refractivity contribution in [3.05, 3.63) is 58.5 Å². The summed E-state index contributed by atoms with van der Waals surface area (Å²) in [6.07, 6.45) is 5.43. The second-order valence-electron chi connectivity index (χ2n) is 13.0. The molecule has 3 aliphatic rings. The molecule has 5 N–H and O–H groups in total. The van der Waals surface area contributed by atoms with Crippen LogP contribution in [0.15, 0.2) is 58.5 Å². The van der Waals surface area contributed by atoms with Crippen LogP contribution in [-0.2, 0) is 38.6 Å². The highest BCUT2D eigenvalue weighted by atomic mass is 32.2. The molecule has 0 aromatic rings. The van der Waals surface area contributed by atoms with Crippen molar-refractivity contribution < 1.29 is 46.9 Å². The highest BCUT2D eigenvalue weighted by molar-refractivity contribution is 7.88. The van der Waals surface area contributed by atoms with Crippen LogP contribution in [-0.4, -0.2) is 105 Å². The topological polar surface area (TPSA) is 204 Å². The number of rotatable bonds is 6. The van der Waals surface area contributed by atoms with Crippen LogP contribution in [0.3, 0.4) is 0 Å². The Labute approximate surface area is 288 Å². The number of ketones is 2. The number of nitrogens with two attached hydrogens (primary N) is 1. The van der Waals surface area contributed by atoms with Gasteiger partial charge in [0.2, 0.25) is 21.6 Å². The molecule has 2 amide bonds. The van der Waals surface area contributed by atoms with Gasteiger partial charge in [0, 0.05) is 56.5 Å². The molecular weight excluding hydrogens is 656 g/mol. The number of ether oxygens (including phenoxy) is 3. The molecule has 0 unspecified atom stereocenters. The molecule has 6 atom stereocenters. The number of piperidine rings is 1. The van der Waals surface area contributed by atoms with Crippen LogP contribution in [0.4, 0.5) is 4.79 Å². The van der Waals surface area contributed by atoms with E-state index in [0.29, 0.717) is 24.8 Å². The standard InChI is InChI=1S/C34H50N4O10S/c1-19-15-24-29(36-23-11-13-38(14-12-23)49(7,44)45)26(39)18-25(31(24)41)37-33(42)20(2)9-8-10-27(46-5)32(48-34(35)43)22(4)17-21(3)30(40)28(16-19)47-6/h8-10,17-19,21,23,27-28,30,32,36,40H,11-16H2,1-7H3,(H2,35,43)(H,37,42)/b10-8-,20-9+,22-17+/t19-,21+,27+,28+,30-,32+/m1/s1. The van der Waals surface area contributed by atoms with Gasteiger partial charge in [-0.2, -0.15) is 0 Å². The number of allylic oxidation sites excluding steroid dienone is 4. The van der Waals surface area contributed by atoms with E-state index >= 15 is 0 Å². The zero-order chi connectivity index (χ0) is 36.6. The third kappa shape index (κ3) is 10.7. The van der Waals surface area contributed by atoms with E-state index in [1.165, 1.54) is 37.6 Å². The van der Waals surface area contributed by atoms with E-state index in [1.54, 1.807) is 26.0 Å². The number of nitrogens with zero attached hydrogens (tertiary/aromatic N) is 1. The quantitative estimate of drug-likeness (QED) is 0.232. The van der Waals surface area contributed by atoms with E-state index < -0.39 is 63.9 Å². The van der Waals surface area contributed by atoms with E-state index in [9.17, 15) is 32.7 Å². The smallest absolute Gasteiger partial charge is 0.405 e. The summed E-state index contributed by atoms with van der Waals surface area (Å²) in [5.74, 6) is -2.39. The number of nitrogens with one attached hydrogen (secondary N) is 2. The Hall–Kier alpha value is -3.63. The van der Waals surface area contributed by atoms with Crippen molar-refractivity contribution in [1.29, 1.82) is 0 Å². The third-order valence-corrected chi connectivity index (χ3v) is 10.4. The van der Waals surface area contributed by atoms with Gasteiger partial charge in [0.15, 0.2) is 6.10 Å². The van der Waals surface area contributed by atoms with E-state index in [1.807, 2.05) is 6.92 Å². The summed E-state index contributed by atoms with van der Waals surface area (Å²) < 4.78 is 42.1. The number of carbonyl (C=O) groups excluding carboxylic acids is 4. The molecule has 2 aliphatic heterocycles. The molecule has 0 saturated carbocycles. The lowest BCUT2D eigenvalue weighted by Gasteiger charge is -2.33. The number of fused-ring (bicyclic) bond motifs is 2. The fraction of sp³-hybridized carbons (Fsp3) is 0.588. The van der Waals surface area contributed by atoms with Crippen molar-refractivity contribution in [1.82, 2.24) is 14.9 Å². The first-order valence-corrected chi connectivity index (χ1v) is 18.1. The van der Waals surface area contributed by atoms with Crippen molar-refractivity contribution in [3.8, 4) is 0 Å². The summed E-state index contributed by atoms with van der Waals surface area (Å²) in [4.78, 5) is 52.5. The number of methoxy groups -OCH3 is 2. The van der Waals surface area contributed by atoms with Crippen LogP contribution >= 0.6 is 0 Å². The lowest BCUT2D eigenvalue weighted by atomic mass is 9.84. The highest BCUT2D eigenvalue weighted by Crippen LogP contribution is 2.29. The molecule has 15 heteroatoms. The minimum Gasteiger partial charge on any atom is -0.439 e. The lowest BCUT2D eigenvalue weighted by molar-refractivity contribution is -0.120. The van der Waals surface area contributed by atoms with E-state index in [4.69, 9.17) is 19.9 Å². The number of Topliss-reactive ketones (excluding diaryl/α,β-unsaturated/α-hetero) is 1. The van der Waals surface area contributed by atoms with Gasteiger partial charge >= 0.3 is 6.09 Å². The molecule has 0 spiro atoms. The number of primary amides is 1. The Balaban J connectivity index is 2.04. The van der Waals surface area contributed by atoms with Gasteiger partial charge in [-0.05, 0) is 51.0 Å². The number of aliphatic hydroxyl groups is 1. The minimum atomic E-state index is -3.36. The predicted octanol–water partition coefficient (Wildman–Crippen LogP) is 1.78. The van der Waals surface area contributed by atoms with Gasteiger partial charge in [-0.25, -0.2) is 17.5 Å². The van der Waals surface area contributed by atoms with Gasteiger partial charge in [-0.15, -0.1) is 0 Å². The number of carbonyl (C=O) groups is 4. The summed E-state index contributed by atoms with van der Waals surface area (Å²) in [7, 11) is -0.463. The number of aliphatic hydroxyl groups excluding tert-OH is 1. The second-order valence-corrected chi connectivity index (χ2v) is 15.0. The zero-order valence-corrected chi connectivity index (χ0v) is 30.0. The van der Waals surface area contributed by atoms with E-state index in [-0.39, 0.29) is 54.0 Å². The molecule has 1 aliphatic carbocycles. The molecule has 2 heterocycles. The third-order valence-electron chi connectivity index (χ3n) is 9.06. The Morgan fingerprint density at radius 3 is 2.33 bits per heavy atom. The first-order valence-electron chi connectivity index (χ1n) is 16.3. The number of amides is 2. The molecule has 272 valence electrons. The van der Waals surface area contributed by atoms with Gasteiger partial charge in [0.1, 0.15) is 6.10 Å². The molecule has 49 heavy (non-hydrogen) atoms. The summed E-state index contributed by atoms with van der Waals surface area (Å²) in [6.45, 7) is 7.46. The Bertz CT molecular complexity index is 1540. The average molecular weight is 707 g/mol. The van der Waals surface area contributed by atoms with Crippen LogP contribution in [0.2, 0.25) is 0 Å². The molecule has 0 aromatic heterocycles. The van der Waals surface area contributed by atoms with Crippen molar-refractivity contribution in [3.63, 3.8) is 0 Å². The van der Waals surface area contributed by atoms with Crippen molar-refractivity contribution >= 4 is 33.6 Å². The van der Waals surface area contributed by atoms with Crippen LogP contribution in [0.5, 0.6) is 0 Å². The van der Waals surface area contributed by atoms with E-state index in [2.05, 4.69) is 10.6 Å². The number of hydrogen-bond donors (Lipinski definition) is 4. The zero-order valence-electron chi connectivity index (χ0n) is 29.2. The fourth-order valence-corrected chi connectivity index (χ4v) is 7.15. The maximum absolute atomic E-state index is 13.9. The molecule has 14 nitrogen and oxygen atoms in total. The summed E-state index contributed by atoms with van der Waals surface area (Å²) in [5.41, 5.74) is 6.26. The Kier molecular flexibility index (Phi) is 14.1. The number of sulfonamides is 1. The molecule has 3 rings (SSSR count). The Morgan fingerprint density at radius 2 is 1.76 bits per heavy atom. The van der Waals surface area contributed by atoms with Crippen LogP contribution in [0.25, 0.3) is 0 Å². The first kappa shape index (κ1) is 39.8. The highest BCUT2D eigenvalue weighted by Gasteiger charge is 2.35. The molecular formula is C34H50N4O10S. The van der Waals surface area contributed by atoms with Gasteiger partial charge in [0.05, 0.1) is 29.9 Å². The molecule has 2 bridgehead atoms. The maximum Gasteiger partial charge on any atom is 0.405 e. The van der Waals surface area contributed by atoms with Gasteiger partial charge < -0.3 is 35.7 Å². The number of hydrogen-bond acceptors (Lipinski definition) is 11. The molecule has 0 radical (unpaired) electrons. The Morgan fingerprint density at radius 1 is 1.10 bits per heavy atom. The largest absolute Gasteiger partial charge is 0.439 e. The van der Waals surface area contributed by atoms with E-state index in [0.717, 1.165) is 12.3 Å². The maximum atomic E-state index is 13.9. The molecule has 1 fully saturated rings. The molecule has 1 saturated heterocycles. The molecule has 0 aromatic carbocycles.